The molecule has 0 amide bonds. The zero-order valence-corrected chi connectivity index (χ0v) is 14.6. The van der Waals surface area contributed by atoms with E-state index in [2.05, 4.69) is 24.9 Å². The van der Waals surface area contributed by atoms with E-state index in [0.717, 1.165) is 42.0 Å². The Kier molecular flexibility index (Phi) is 4.41. The van der Waals surface area contributed by atoms with Gasteiger partial charge in [-0.15, -0.1) is 11.8 Å². The molecule has 0 radical (unpaired) electrons. The van der Waals surface area contributed by atoms with Crippen LogP contribution < -0.4 is 0 Å². The Bertz CT molecular complexity index is 600. The van der Waals surface area contributed by atoms with Crippen molar-refractivity contribution in [3.05, 3.63) is 40.4 Å². The highest BCUT2D eigenvalue weighted by atomic mass is 35.5. The molecular weight excluding hydrogens is 314 g/mol. The minimum atomic E-state index is -0.752. The van der Waals surface area contributed by atoms with Crippen molar-refractivity contribution in [1.82, 2.24) is 0 Å². The molecule has 0 aromatic heterocycles. The first-order valence-electron chi connectivity index (χ1n) is 7.73. The van der Waals surface area contributed by atoms with Crippen molar-refractivity contribution < 1.29 is 5.11 Å². The summed E-state index contributed by atoms with van der Waals surface area (Å²) in [4.78, 5) is 4.30. The summed E-state index contributed by atoms with van der Waals surface area (Å²) < 4.78 is 0. The third-order valence-corrected chi connectivity index (χ3v) is 6.26. The minimum absolute atomic E-state index is 0.103. The standard InChI is InChI=1S/C18H22ClNOS/c1-17(2)8-7-14(9-13-3-5-15(19)6-4-13)18(17,21)10-16-11-20-12-22-16/h3-6,9,12,16,21H,7-8,10-11H2,1-2H3/b14-9+. The molecule has 2 unspecified atom stereocenters. The first-order chi connectivity index (χ1) is 10.4. The van der Waals surface area contributed by atoms with Crippen molar-refractivity contribution in [2.24, 2.45) is 10.4 Å². The fourth-order valence-corrected chi connectivity index (χ4v) is 4.41. The number of thioether (sulfide) groups is 1. The lowest BCUT2D eigenvalue weighted by molar-refractivity contribution is -0.0196. The lowest BCUT2D eigenvalue weighted by Gasteiger charge is -2.39. The summed E-state index contributed by atoms with van der Waals surface area (Å²) in [7, 11) is 0. The quantitative estimate of drug-likeness (QED) is 0.859. The monoisotopic (exact) mass is 335 g/mol. The molecule has 1 saturated carbocycles. The number of rotatable bonds is 3. The fraction of sp³-hybridized carbons (Fsp3) is 0.500. The molecule has 0 saturated heterocycles. The Balaban J connectivity index is 1.89. The van der Waals surface area contributed by atoms with Crippen molar-refractivity contribution in [3.8, 4) is 0 Å². The fourth-order valence-electron chi connectivity index (χ4n) is 3.43. The first kappa shape index (κ1) is 16.1. The van der Waals surface area contributed by atoms with Crippen LogP contribution in [-0.4, -0.2) is 28.0 Å². The molecule has 2 aliphatic rings. The number of nitrogens with zero attached hydrogens (tertiary/aromatic N) is 1. The van der Waals surface area contributed by atoms with Crippen molar-refractivity contribution in [3.63, 3.8) is 0 Å². The van der Waals surface area contributed by atoms with Gasteiger partial charge in [0.2, 0.25) is 0 Å². The van der Waals surface area contributed by atoms with Gasteiger partial charge in [-0.05, 0) is 47.9 Å². The van der Waals surface area contributed by atoms with Crippen molar-refractivity contribution >= 4 is 35.0 Å². The summed E-state index contributed by atoms with van der Waals surface area (Å²) in [6.45, 7) is 5.17. The van der Waals surface area contributed by atoms with Gasteiger partial charge in [-0.3, -0.25) is 4.99 Å². The number of benzene rings is 1. The van der Waals surface area contributed by atoms with E-state index < -0.39 is 5.60 Å². The van der Waals surface area contributed by atoms with Crippen LogP contribution >= 0.6 is 23.4 Å². The van der Waals surface area contributed by atoms with Gasteiger partial charge in [0.05, 0.1) is 17.7 Å². The van der Waals surface area contributed by atoms with Gasteiger partial charge in [-0.25, -0.2) is 0 Å². The van der Waals surface area contributed by atoms with Crippen LogP contribution in [0.5, 0.6) is 0 Å². The maximum atomic E-state index is 11.5. The lowest BCUT2D eigenvalue weighted by atomic mass is 9.73. The zero-order chi connectivity index (χ0) is 15.8. The Morgan fingerprint density at radius 2 is 2.09 bits per heavy atom. The predicted octanol–water partition coefficient (Wildman–Crippen LogP) is 4.81. The summed E-state index contributed by atoms with van der Waals surface area (Å²) in [6, 6.07) is 7.81. The number of hydrogen-bond acceptors (Lipinski definition) is 3. The average Bonchev–Trinajstić information content (AvgIpc) is 3.04. The topological polar surface area (TPSA) is 32.6 Å². The van der Waals surface area contributed by atoms with Gasteiger partial charge < -0.3 is 5.11 Å². The molecule has 22 heavy (non-hydrogen) atoms. The second kappa shape index (κ2) is 6.03. The van der Waals surface area contributed by atoms with Crippen LogP contribution in [-0.2, 0) is 0 Å². The molecule has 1 aliphatic heterocycles. The van der Waals surface area contributed by atoms with E-state index in [1.165, 1.54) is 0 Å². The molecule has 1 aromatic carbocycles. The summed E-state index contributed by atoms with van der Waals surface area (Å²) in [6.07, 6.45) is 4.88. The summed E-state index contributed by atoms with van der Waals surface area (Å²) >= 11 is 7.70. The van der Waals surface area contributed by atoms with E-state index in [-0.39, 0.29) is 5.41 Å². The van der Waals surface area contributed by atoms with Gasteiger partial charge in [-0.1, -0.05) is 43.7 Å². The van der Waals surface area contributed by atoms with Gasteiger partial charge >= 0.3 is 0 Å². The minimum Gasteiger partial charge on any atom is -0.385 e. The molecule has 2 nitrogen and oxygen atoms in total. The number of aliphatic imine (C=N–C) groups is 1. The van der Waals surface area contributed by atoms with Crippen LogP contribution in [0.4, 0.5) is 0 Å². The normalized spacial score (nSPS) is 32.0. The molecule has 118 valence electrons. The van der Waals surface area contributed by atoms with E-state index in [4.69, 9.17) is 11.6 Å². The molecule has 4 heteroatoms. The molecule has 1 fully saturated rings. The van der Waals surface area contributed by atoms with E-state index in [9.17, 15) is 5.11 Å². The summed E-state index contributed by atoms with van der Waals surface area (Å²) in [5.74, 6) is 0. The zero-order valence-electron chi connectivity index (χ0n) is 13.1. The van der Waals surface area contributed by atoms with Crippen molar-refractivity contribution in [2.45, 2.75) is 44.0 Å². The van der Waals surface area contributed by atoms with Crippen molar-refractivity contribution in [1.29, 1.82) is 0 Å². The van der Waals surface area contributed by atoms with Gasteiger partial charge in [0, 0.05) is 10.3 Å². The molecule has 0 bridgehead atoms. The van der Waals surface area contributed by atoms with Crippen LogP contribution in [0.3, 0.4) is 0 Å². The van der Waals surface area contributed by atoms with Crippen LogP contribution in [0.1, 0.15) is 38.7 Å². The predicted molar refractivity (Wildman–Crippen MR) is 96.7 cm³/mol. The average molecular weight is 336 g/mol. The highest BCUT2D eigenvalue weighted by Gasteiger charge is 2.51. The highest BCUT2D eigenvalue weighted by Crippen LogP contribution is 2.53. The van der Waals surface area contributed by atoms with Gasteiger partial charge in [0.15, 0.2) is 0 Å². The Labute approximate surface area is 141 Å². The second-order valence-electron chi connectivity index (χ2n) is 6.90. The van der Waals surface area contributed by atoms with E-state index in [1.54, 1.807) is 11.8 Å². The molecule has 1 heterocycles. The molecule has 0 spiro atoms. The molecule has 1 aliphatic carbocycles. The summed E-state index contributed by atoms with van der Waals surface area (Å²) in [5.41, 5.74) is 3.31. The molecular formula is C18H22ClNOS. The largest absolute Gasteiger partial charge is 0.385 e. The third-order valence-electron chi connectivity index (χ3n) is 5.04. The smallest absolute Gasteiger partial charge is 0.0922 e. The second-order valence-corrected chi connectivity index (χ2v) is 8.48. The number of aliphatic hydroxyl groups is 1. The Morgan fingerprint density at radius 1 is 1.36 bits per heavy atom. The van der Waals surface area contributed by atoms with Crippen LogP contribution in [0.2, 0.25) is 5.02 Å². The van der Waals surface area contributed by atoms with Gasteiger partial charge in [0.25, 0.3) is 0 Å². The van der Waals surface area contributed by atoms with Gasteiger partial charge in [-0.2, -0.15) is 0 Å². The van der Waals surface area contributed by atoms with E-state index >= 15 is 0 Å². The van der Waals surface area contributed by atoms with Gasteiger partial charge in [0.1, 0.15) is 0 Å². The SMILES string of the molecule is CC1(C)CC/C(=C\c2ccc(Cl)cc2)C1(O)CC1CN=CS1. The van der Waals surface area contributed by atoms with Crippen LogP contribution in [0, 0.1) is 5.41 Å². The molecule has 2 atom stereocenters. The first-order valence-corrected chi connectivity index (χ1v) is 9.06. The highest BCUT2D eigenvalue weighted by molar-refractivity contribution is 8.12. The summed E-state index contributed by atoms with van der Waals surface area (Å²) in [5, 5.41) is 12.6. The maximum Gasteiger partial charge on any atom is 0.0922 e. The van der Waals surface area contributed by atoms with E-state index in [0.29, 0.717) is 5.25 Å². The molecule has 1 aromatic rings. The van der Waals surface area contributed by atoms with Crippen molar-refractivity contribution in [2.75, 3.05) is 6.54 Å². The van der Waals surface area contributed by atoms with Crippen LogP contribution in [0.25, 0.3) is 6.08 Å². The van der Waals surface area contributed by atoms with Crippen LogP contribution in [0.15, 0.2) is 34.8 Å². The molecule has 3 rings (SSSR count). The lowest BCUT2D eigenvalue weighted by Crippen LogP contribution is -2.43. The number of halogens is 1. The van der Waals surface area contributed by atoms with E-state index in [1.807, 2.05) is 29.8 Å². The Morgan fingerprint density at radius 3 is 2.73 bits per heavy atom. The number of hydrogen-bond donors (Lipinski definition) is 1. The molecule has 1 N–H and O–H groups in total. The third kappa shape index (κ3) is 2.99. The Hall–Kier alpha value is -0.770. The maximum absolute atomic E-state index is 11.5.